The Balaban J connectivity index is 0.000000312. The van der Waals surface area contributed by atoms with Crippen LogP contribution in [0.15, 0.2) is 97.8 Å². The number of nitrogens with zero attached hydrogens (tertiary/aromatic N) is 7. The van der Waals surface area contributed by atoms with Gasteiger partial charge in [0.1, 0.15) is 11.4 Å². The summed E-state index contributed by atoms with van der Waals surface area (Å²) in [6.07, 6.45) is 15.9. The average Bonchev–Trinajstić information content (AvgIpc) is 3.97. The van der Waals surface area contributed by atoms with Crippen LogP contribution in [0.3, 0.4) is 0 Å². The van der Waals surface area contributed by atoms with Crippen molar-refractivity contribution in [2.24, 2.45) is 0 Å². The second-order valence-corrected chi connectivity index (χ2v) is 13.8. The molecule has 0 N–H and O–H groups in total. The van der Waals surface area contributed by atoms with E-state index in [1.165, 1.54) is 48.2 Å². The van der Waals surface area contributed by atoms with Crippen LogP contribution in [0.5, 0.6) is 5.75 Å². The fourth-order valence-electron chi connectivity index (χ4n) is 5.34. The molecule has 0 aromatic carbocycles. The van der Waals surface area contributed by atoms with Gasteiger partial charge in [0.25, 0.3) is 19.4 Å². The quantitative estimate of drug-likeness (QED) is 0.0198. The van der Waals surface area contributed by atoms with Gasteiger partial charge >= 0.3 is 25.7 Å². The largest absolute Gasteiger partial charge is 2.00 e. The van der Waals surface area contributed by atoms with E-state index in [-0.39, 0.29) is 30.9 Å². The Bertz CT molecular complexity index is 2440. The van der Waals surface area contributed by atoms with Crippen LogP contribution in [0.25, 0.3) is 63.9 Å². The Morgan fingerprint density at radius 2 is 1.29 bits per heavy atom. The molecule has 0 atom stereocenters. The Hall–Kier alpha value is -6.65. The molecule has 0 radical (unpaired) electrons. The number of aromatic nitrogens is 6. The van der Waals surface area contributed by atoms with Gasteiger partial charge in [0.05, 0.1) is 35.3 Å². The minimum absolute atomic E-state index is 0. The Kier molecular flexibility index (Phi) is 22.0. The summed E-state index contributed by atoms with van der Waals surface area (Å²) in [4.78, 5) is 51.3. The molecule has 0 unspecified atom stereocenters. The first kappa shape index (κ1) is 50.7. The van der Waals surface area contributed by atoms with E-state index in [4.69, 9.17) is 10.1 Å². The molecule has 0 aliphatic rings. The smallest absolute Gasteiger partial charge is 0.753 e. The maximum absolute atomic E-state index is 12.7. The molecule has 6 rings (SSSR count). The summed E-state index contributed by atoms with van der Waals surface area (Å²) < 4.78 is 52.2. The van der Waals surface area contributed by atoms with E-state index in [1.807, 2.05) is 12.2 Å². The minimum atomic E-state index is -4.50. The summed E-state index contributed by atoms with van der Waals surface area (Å²) in [5.41, 5.74) is 3.65. The van der Waals surface area contributed by atoms with Gasteiger partial charge in [-0.3, -0.25) is 29.3 Å². The number of alkyl halides is 3. The number of pyridine rings is 4. The van der Waals surface area contributed by atoms with Crippen LogP contribution in [-0.2, 0) is 55.9 Å². The van der Waals surface area contributed by atoms with Crippen molar-refractivity contribution in [3.05, 3.63) is 135 Å². The van der Waals surface area contributed by atoms with E-state index in [0.717, 1.165) is 34.1 Å². The van der Waals surface area contributed by atoms with Crippen LogP contribution >= 0.6 is 23.6 Å². The van der Waals surface area contributed by atoms with Crippen LogP contribution in [0.1, 0.15) is 64.7 Å². The summed E-state index contributed by atoms with van der Waals surface area (Å²) >= 11 is 5.47. The average molecular weight is 981 g/mol. The van der Waals surface area contributed by atoms with Crippen molar-refractivity contribution < 1.29 is 61.2 Å². The molecule has 0 saturated heterocycles. The van der Waals surface area contributed by atoms with Crippen molar-refractivity contribution >= 4 is 72.4 Å². The van der Waals surface area contributed by atoms with Crippen molar-refractivity contribution in [3.8, 4) is 39.9 Å². The molecule has 0 aliphatic heterocycles. The van der Waals surface area contributed by atoms with Crippen LogP contribution in [0.2, 0.25) is 0 Å². The fraction of sp³-hybridized carbons (Fsp3) is 0.159. The molecule has 0 spiro atoms. The molecule has 63 heavy (non-hydrogen) atoms. The zero-order valence-corrected chi connectivity index (χ0v) is 36.6. The van der Waals surface area contributed by atoms with Gasteiger partial charge in [-0.25, -0.2) is 4.98 Å². The monoisotopic (exact) mass is 981 g/mol. The predicted molar refractivity (Wildman–Crippen MR) is 233 cm³/mol. The normalized spacial score (nSPS) is 10.8. The molecule has 6 aromatic heterocycles. The molecule has 0 saturated carbocycles. The van der Waals surface area contributed by atoms with E-state index in [9.17, 15) is 27.6 Å². The first-order valence-electron chi connectivity index (χ1n) is 18.5. The van der Waals surface area contributed by atoms with Crippen molar-refractivity contribution in [3.63, 3.8) is 0 Å². The Morgan fingerprint density at radius 3 is 1.81 bits per heavy atom. The maximum atomic E-state index is 12.7. The number of carbonyl (C=O) groups excluding carboxylic acids is 3. The van der Waals surface area contributed by atoms with E-state index in [1.54, 1.807) is 90.6 Å². The van der Waals surface area contributed by atoms with E-state index in [0.29, 0.717) is 47.9 Å². The number of thiophene rings is 1. The molecular formula is C44H36F3N7O6RuS2. The van der Waals surface area contributed by atoms with Gasteiger partial charge < -0.3 is 29.8 Å². The van der Waals surface area contributed by atoms with E-state index >= 15 is 0 Å². The SMILES string of the molecule is CCCCCCc1ccc(/C=C/c2ccnc(-c3cc(C(F)(F)F)n[n-]3)c2)s1.O=CO/C=C/c1ccnc(-c2cc(OC=O)cc(-c3cc(/C=C/OC=O)ccn3)n2)c1.[N-]=C=S.[Ru+2]. The van der Waals surface area contributed by atoms with Crippen LogP contribution in [-0.4, -0.2) is 49.6 Å². The Labute approximate surface area is 382 Å². The number of halogens is 3. The molecule has 6 aromatic rings. The second kappa shape index (κ2) is 27.3. The number of unbranched alkanes of at least 4 members (excludes halogenated alkanes) is 3. The first-order chi connectivity index (χ1) is 30.1. The van der Waals surface area contributed by atoms with E-state index < -0.39 is 11.9 Å². The second-order valence-electron chi connectivity index (χ2n) is 12.4. The summed E-state index contributed by atoms with van der Waals surface area (Å²) in [5.74, 6) is 0.258. The van der Waals surface area contributed by atoms with Gasteiger partial charge in [-0.1, -0.05) is 50.2 Å². The number of rotatable bonds is 18. The number of hydrogen-bond acceptors (Lipinski definition) is 13. The van der Waals surface area contributed by atoms with Crippen LogP contribution < -0.4 is 9.84 Å². The molecule has 0 fully saturated rings. The predicted octanol–water partition coefficient (Wildman–Crippen LogP) is 10.2. The minimum Gasteiger partial charge on any atom is -0.753 e. The molecule has 0 amide bonds. The van der Waals surface area contributed by atoms with Crippen molar-refractivity contribution in [2.75, 3.05) is 0 Å². The number of aryl methyl sites for hydroxylation is 1. The Morgan fingerprint density at radius 1 is 0.730 bits per heavy atom. The molecule has 0 aliphatic carbocycles. The number of hydrogen-bond donors (Lipinski definition) is 0. The van der Waals surface area contributed by atoms with Crippen LogP contribution in [0.4, 0.5) is 13.2 Å². The molecular weight excluding hydrogens is 945 g/mol. The number of ether oxygens (including phenoxy) is 3. The number of carbonyl (C=O) groups is 3. The van der Waals surface area contributed by atoms with Crippen molar-refractivity contribution in [1.82, 2.24) is 30.1 Å². The van der Waals surface area contributed by atoms with Gasteiger partial charge in [-0.2, -0.15) is 18.3 Å². The molecule has 0 bridgehead atoms. The van der Waals surface area contributed by atoms with Gasteiger partial charge in [0.2, 0.25) is 0 Å². The number of thiocarbonyl (C=S) groups is 1. The standard InChI is InChI=1S/C22H15N3O6.C21H21F3N3S.CNS.Ru/c26-13-29-7-3-16-1-5-23-19(9-16)21-11-18(31-15-28)12-22(25-21)20-10-17(2-6-24-20)4-8-30-14-27;1-2-3-4-5-6-16-9-10-17(28-16)8-7-15-11-12-25-18(13-15)19-14-20(27-26-19)21(22,23)24;2-1-3;/h1-15H;7-14H,2-6H2,1H3;;/q;2*-1;+2/b7-3+,8-4+;8-7+;;. The third-order valence-corrected chi connectivity index (χ3v) is 9.25. The maximum Gasteiger partial charge on any atom is 2.00 e. The molecule has 324 valence electrons. The van der Waals surface area contributed by atoms with Gasteiger partial charge in [-0.05, 0) is 102 Å². The molecule has 6 heterocycles. The third-order valence-electron chi connectivity index (χ3n) is 8.14. The van der Waals surface area contributed by atoms with Crippen molar-refractivity contribution in [1.29, 1.82) is 0 Å². The van der Waals surface area contributed by atoms with Crippen molar-refractivity contribution in [2.45, 2.75) is 45.2 Å². The summed E-state index contributed by atoms with van der Waals surface area (Å²) in [7, 11) is 0. The summed E-state index contributed by atoms with van der Waals surface area (Å²) in [6.45, 7) is 3.15. The molecule has 19 heteroatoms. The van der Waals surface area contributed by atoms with Gasteiger partial charge in [0, 0.05) is 46.2 Å². The third kappa shape index (κ3) is 17.3. The van der Waals surface area contributed by atoms with Gasteiger partial charge in [-0.15, -0.1) is 11.3 Å². The zero-order valence-electron chi connectivity index (χ0n) is 33.2. The fourth-order valence-corrected chi connectivity index (χ4v) is 6.30. The summed E-state index contributed by atoms with van der Waals surface area (Å²) in [5, 5.41) is 15.3. The topological polar surface area (TPSA) is 180 Å². The number of isothiocyanates is 1. The van der Waals surface area contributed by atoms with Gasteiger partial charge in [0.15, 0.2) is 0 Å². The first-order valence-corrected chi connectivity index (χ1v) is 19.7. The zero-order chi connectivity index (χ0) is 44.6. The molecule has 13 nitrogen and oxygen atoms in total. The van der Waals surface area contributed by atoms with Crippen LogP contribution in [0, 0.1) is 0 Å². The summed E-state index contributed by atoms with van der Waals surface area (Å²) in [6, 6.07) is 18.7. The van der Waals surface area contributed by atoms with E-state index in [2.05, 4.69) is 70.9 Å².